The van der Waals surface area contributed by atoms with Crippen molar-refractivity contribution in [2.45, 2.75) is 215 Å². The molecule has 35 heteroatoms. The zero-order valence-corrected chi connectivity index (χ0v) is 40.3. The van der Waals surface area contributed by atoms with Crippen LogP contribution in [-0.2, 0) is 66.3 Å². The Balaban J connectivity index is 1.08. The van der Waals surface area contributed by atoms with E-state index in [0.29, 0.717) is 0 Å². The summed E-state index contributed by atoms with van der Waals surface area (Å²) in [6.07, 6.45) is -70.2. The Labute approximate surface area is 434 Å². The monoisotopic (exact) mass is 1130 g/mol. The van der Waals surface area contributed by atoms with Gasteiger partial charge in [-0.3, -0.25) is 0 Å². The van der Waals surface area contributed by atoms with Gasteiger partial charge in [-0.05, 0) is 0 Å². The van der Waals surface area contributed by atoms with Gasteiger partial charge in [0.15, 0.2) is 44.0 Å². The Morgan fingerprint density at radius 1 is 0.156 bits per heavy atom. The quantitative estimate of drug-likeness (QED) is 0.113. The van der Waals surface area contributed by atoms with Crippen LogP contribution in [0.25, 0.3) is 0 Å². The molecule has 14 bridgehead atoms. The van der Waals surface area contributed by atoms with Crippen molar-refractivity contribution >= 4 is 0 Å². The highest BCUT2D eigenvalue weighted by atomic mass is 16.8. The summed E-state index contributed by atoms with van der Waals surface area (Å²) in [6.45, 7) is -7.33. The minimum atomic E-state index is -2.21. The van der Waals surface area contributed by atoms with Crippen LogP contribution in [0.5, 0.6) is 0 Å². The third kappa shape index (κ3) is 12.1. The maximum atomic E-state index is 11.3. The van der Waals surface area contributed by atoms with E-state index in [9.17, 15) is 107 Å². The zero-order chi connectivity index (χ0) is 56.1. The third-order valence-corrected chi connectivity index (χ3v) is 14.8. The van der Waals surface area contributed by atoms with Gasteiger partial charge in [-0.2, -0.15) is 0 Å². The van der Waals surface area contributed by atoms with Gasteiger partial charge < -0.3 is 174 Å². The van der Waals surface area contributed by atoms with Gasteiger partial charge in [-0.1, -0.05) is 0 Å². The first-order valence-corrected chi connectivity index (χ1v) is 24.6. The van der Waals surface area contributed by atoms with E-state index in [1.807, 2.05) is 0 Å². The summed E-state index contributed by atoms with van der Waals surface area (Å²) in [6, 6.07) is 0. The van der Waals surface area contributed by atoms with Crippen LogP contribution in [0.2, 0.25) is 0 Å². The van der Waals surface area contributed by atoms with Crippen LogP contribution in [0.1, 0.15) is 0 Å². The van der Waals surface area contributed by atoms with Crippen molar-refractivity contribution in [2.75, 3.05) is 46.2 Å². The molecule has 448 valence electrons. The van der Waals surface area contributed by atoms with Crippen molar-refractivity contribution in [1.82, 2.24) is 0 Å². The van der Waals surface area contributed by atoms with Crippen molar-refractivity contribution in [1.29, 1.82) is 0 Å². The number of hydrogen-bond donors (Lipinski definition) is 21. The van der Waals surface area contributed by atoms with Crippen LogP contribution in [0, 0.1) is 0 Å². The molecule has 21 aliphatic heterocycles. The van der Waals surface area contributed by atoms with Crippen molar-refractivity contribution in [3.63, 3.8) is 0 Å². The van der Waals surface area contributed by atoms with Gasteiger partial charge in [0.1, 0.15) is 171 Å². The molecular formula is C42H70O35. The molecule has 35 atom stereocenters. The van der Waals surface area contributed by atoms with Crippen molar-refractivity contribution < 1.29 is 174 Å². The molecule has 21 N–H and O–H groups in total. The van der Waals surface area contributed by atoms with Gasteiger partial charge in [-0.25, -0.2) is 0 Å². The average Bonchev–Trinajstić information content (AvgIpc) is 3.47. The van der Waals surface area contributed by atoms with Gasteiger partial charge >= 0.3 is 0 Å². The highest BCUT2D eigenvalue weighted by Crippen LogP contribution is 2.39. The van der Waals surface area contributed by atoms with Crippen LogP contribution in [0.4, 0.5) is 0 Å². The Morgan fingerprint density at radius 3 is 0.351 bits per heavy atom. The molecule has 14 unspecified atom stereocenters. The third-order valence-electron chi connectivity index (χ3n) is 14.8. The molecule has 0 spiro atoms. The number of hydrogen-bond acceptors (Lipinski definition) is 35. The Hall–Kier alpha value is -1.40. The topological polar surface area (TPSA) is 554 Å². The summed E-state index contributed by atoms with van der Waals surface area (Å²) >= 11 is 0. The second-order valence-corrected chi connectivity index (χ2v) is 19.7. The fourth-order valence-electron chi connectivity index (χ4n) is 10.4. The molecule has 0 aromatic rings. The Kier molecular flexibility index (Phi) is 20.8. The van der Waals surface area contributed by atoms with Gasteiger partial charge in [0, 0.05) is 0 Å². The lowest BCUT2D eigenvalue weighted by Gasteiger charge is -2.50. The maximum Gasteiger partial charge on any atom is 0.187 e. The molecule has 35 nitrogen and oxygen atoms in total. The summed E-state index contributed by atoms with van der Waals surface area (Å²) in [5, 5.41) is 230. The minimum Gasteiger partial charge on any atom is -0.394 e. The van der Waals surface area contributed by atoms with Crippen LogP contribution in [0.3, 0.4) is 0 Å². The van der Waals surface area contributed by atoms with Gasteiger partial charge in [0.25, 0.3) is 0 Å². The van der Waals surface area contributed by atoms with Gasteiger partial charge in [0.05, 0.1) is 46.2 Å². The molecule has 0 aliphatic carbocycles. The molecule has 0 aromatic heterocycles. The summed E-state index contributed by atoms with van der Waals surface area (Å²) in [5.74, 6) is 0. The highest BCUT2D eigenvalue weighted by Gasteiger charge is 2.59. The maximum absolute atomic E-state index is 11.3. The molecule has 0 saturated carbocycles. The average molecular weight is 1130 g/mol. The molecule has 21 fully saturated rings. The zero-order valence-electron chi connectivity index (χ0n) is 40.3. The minimum absolute atomic E-state index is 1.05. The fraction of sp³-hybridized carbons (Fsp3) is 1.00. The van der Waals surface area contributed by atoms with E-state index in [-0.39, 0.29) is 0 Å². The van der Waals surface area contributed by atoms with E-state index < -0.39 is 261 Å². The normalized spacial score (nSPS) is 55.4. The van der Waals surface area contributed by atoms with E-state index in [1.165, 1.54) is 0 Å². The molecular weight excluding hydrogens is 1060 g/mol. The molecule has 21 saturated heterocycles. The predicted octanol–water partition coefficient (Wildman–Crippen LogP) is -15.2. The van der Waals surface area contributed by atoms with Crippen molar-refractivity contribution in [2.24, 2.45) is 0 Å². The number of rotatable bonds is 7. The van der Waals surface area contributed by atoms with Crippen LogP contribution in [-0.4, -0.2) is 368 Å². The lowest BCUT2D eigenvalue weighted by Crippen LogP contribution is -2.68. The van der Waals surface area contributed by atoms with Crippen LogP contribution < -0.4 is 0 Å². The summed E-state index contributed by atoms with van der Waals surface area (Å²) in [5.41, 5.74) is 0. The highest BCUT2D eigenvalue weighted by molar-refractivity contribution is 5.01. The van der Waals surface area contributed by atoms with E-state index >= 15 is 0 Å². The molecule has 21 aliphatic rings. The summed E-state index contributed by atoms with van der Waals surface area (Å²) < 4.78 is 79.5. The second-order valence-electron chi connectivity index (χ2n) is 19.7. The summed E-state index contributed by atoms with van der Waals surface area (Å²) in [4.78, 5) is 0. The lowest BCUT2D eigenvalue weighted by atomic mass is 9.95. The molecule has 21 heterocycles. The molecule has 77 heavy (non-hydrogen) atoms. The van der Waals surface area contributed by atoms with E-state index in [0.717, 1.165) is 0 Å². The largest absolute Gasteiger partial charge is 0.394 e. The van der Waals surface area contributed by atoms with Crippen molar-refractivity contribution in [3.8, 4) is 0 Å². The number of ether oxygens (including phenoxy) is 14. The number of aliphatic hydroxyl groups is 21. The van der Waals surface area contributed by atoms with Gasteiger partial charge in [0.2, 0.25) is 0 Å². The second kappa shape index (κ2) is 26.0. The van der Waals surface area contributed by atoms with Crippen LogP contribution >= 0.6 is 0 Å². The standard InChI is InChI=1S/C42H70O35/c43-1-8-29-15(50)22(57)36(64-8)72-30-9(2-44)66-38(24(59)17(30)52)74-32-11(4-46)68-40(26(61)19(32)54)76-34-13(6-48)70-42(28(63)21(34)56)77-35-14(7-49)69-41(27(62)20(35)55)75-33-12(5-47)67-39(25(60)18(33)53)73-31-10(3-45)65-37(71-29)23(58)16(31)51/h8-63H,1-7H2/t8?,9?,10?,11?,12?,13?,14?,15-,16-,17-,18-,19-,20-,21+,22?,23?,24?,25?,26?,27?,28?,29-,30-,31-,32-,33-,34-,35-,36-,37-,38-,39+,40+,41+,42+/m1/s1. The number of aliphatic hydroxyl groups excluding tert-OH is 21. The molecule has 0 radical (unpaired) electrons. The SMILES string of the molecule is OCC1O[C@@H]2O[C@@H]3C(CO)O[C@H](O[C@@H]4C(CO)O[C@@H](O[C@@H]5C(CO)O[C@@H](O[C@@H]6C(CO)O[C@@H](O[C@@H]7C(CO)O[C@@H](O[C@@H]8C(CO)O[C@H](O[C@H]1[C@H](O)C2O)C(O)[C@H]8O)C(O)[C@H]7O)C(O)[C@H]6O)C(O)[C@@H]5O)C(O)[C@H]4O)C(O)[C@H]3O. The Morgan fingerprint density at radius 2 is 0.260 bits per heavy atom. The van der Waals surface area contributed by atoms with E-state index in [1.54, 1.807) is 0 Å². The first kappa shape index (κ1) is 61.7. The lowest BCUT2D eigenvalue weighted by molar-refractivity contribution is -0.396. The van der Waals surface area contributed by atoms with Crippen LogP contribution in [0.15, 0.2) is 0 Å². The molecule has 21 rings (SSSR count). The van der Waals surface area contributed by atoms with E-state index in [4.69, 9.17) is 66.3 Å². The first-order valence-electron chi connectivity index (χ1n) is 24.6. The molecule has 0 amide bonds. The Bertz CT molecular complexity index is 1470. The first-order chi connectivity index (χ1) is 36.7. The fourth-order valence-corrected chi connectivity index (χ4v) is 10.4. The summed E-state index contributed by atoms with van der Waals surface area (Å²) in [7, 11) is 0. The smallest absolute Gasteiger partial charge is 0.187 e. The molecule has 0 aromatic carbocycles. The predicted molar refractivity (Wildman–Crippen MR) is 228 cm³/mol. The van der Waals surface area contributed by atoms with Gasteiger partial charge in [-0.15, -0.1) is 0 Å². The van der Waals surface area contributed by atoms with E-state index in [2.05, 4.69) is 0 Å². The van der Waals surface area contributed by atoms with Crippen molar-refractivity contribution in [3.05, 3.63) is 0 Å².